The van der Waals surface area contributed by atoms with Crippen LogP contribution in [0, 0.1) is 0 Å². The average molecular weight is 249 g/mol. The van der Waals surface area contributed by atoms with Crippen molar-refractivity contribution in [1.29, 1.82) is 0 Å². The van der Waals surface area contributed by atoms with E-state index in [0.29, 0.717) is 0 Å². The van der Waals surface area contributed by atoms with Crippen LogP contribution >= 0.6 is 11.6 Å². The molecule has 2 aromatic heterocycles. The Morgan fingerprint density at radius 3 is 2.56 bits per heavy atom. The van der Waals surface area contributed by atoms with Crippen molar-refractivity contribution in [2.75, 3.05) is 0 Å². The minimum atomic E-state index is -4.47. The van der Waals surface area contributed by atoms with Crippen molar-refractivity contribution >= 4 is 11.6 Å². The Morgan fingerprint density at radius 2 is 2.00 bits per heavy atom. The van der Waals surface area contributed by atoms with E-state index >= 15 is 0 Å². The van der Waals surface area contributed by atoms with Gasteiger partial charge in [0.05, 0.1) is 0 Å². The first-order valence-corrected chi connectivity index (χ1v) is 4.45. The molecule has 0 amide bonds. The highest BCUT2D eigenvalue weighted by atomic mass is 35.5. The van der Waals surface area contributed by atoms with Gasteiger partial charge in [-0.05, 0) is 6.07 Å². The Kier molecular flexibility index (Phi) is 2.55. The lowest BCUT2D eigenvalue weighted by atomic mass is 10.4. The number of nitrogens with zero attached hydrogens (tertiary/aromatic N) is 4. The molecule has 0 saturated heterocycles. The fourth-order valence-corrected chi connectivity index (χ4v) is 1.19. The van der Waals surface area contributed by atoms with Gasteiger partial charge in [-0.1, -0.05) is 11.6 Å². The summed E-state index contributed by atoms with van der Waals surface area (Å²) in [5.41, 5.74) is -0.984. The van der Waals surface area contributed by atoms with Crippen LogP contribution in [0.15, 0.2) is 24.7 Å². The van der Waals surface area contributed by atoms with Crippen LogP contribution in [0.4, 0.5) is 13.2 Å². The van der Waals surface area contributed by atoms with Crippen LogP contribution < -0.4 is 0 Å². The summed E-state index contributed by atoms with van der Waals surface area (Å²) in [7, 11) is 0. The average Bonchev–Trinajstić information content (AvgIpc) is 2.65. The molecule has 0 aromatic carbocycles. The molecule has 2 rings (SSSR count). The van der Waals surface area contributed by atoms with Crippen LogP contribution in [-0.2, 0) is 6.18 Å². The molecule has 16 heavy (non-hydrogen) atoms. The van der Waals surface area contributed by atoms with E-state index in [9.17, 15) is 13.2 Å². The molecular weight excluding hydrogens is 245 g/mol. The Morgan fingerprint density at radius 1 is 1.25 bits per heavy atom. The van der Waals surface area contributed by atoms with E-state index in [4.69, 9.17) is 11.6 Å². The smallest absolute Gasteiger partial charge is 0.224 e. The summed E-state index contributed by atoms with van der Waals surface area (Å²) >= 11 is 5.58. The van der Waals surface area contributed by atoms with E-state index in [2.05, 4.69) is 15.1 Å². The molecular formula is C8H4ClF3N4. The van der Waals surface area contributed by atoms with Crippen LogP contribution in [0.2, 0.25) is 5.15 Å². The van der Waals surface area contributed by atoms with Gasteiger partial charge in [-0.15, -0.1) is 0 Å². The lowest BCUT2D eigenvalue weighted by molar-refractivity contribution is -0.141. The molecule has 0 aliphatic heterocycles. The maximum atomic E-state index is 12.3. The molecule has 2 aromatic rings. The summed E-state index contributed by atoms with van der Waals surface area (Å²) < 4.78 is 37.8. The third kappa shape index (κ3) is 2.13. The van der Waals surface area contributed by atoms with Gasteiger partial charge in [0.25, 0.3) is 0 Å². The van der Waals surface area contributed by atoms with Crippen LogP contribution in [0.3, 0.4) is 0 Å². The van der Waals surface area contributed by atoms with Crippen molar-refractivity contribution < 1.29 is 13.2 Å². The molecule has 84 valence electrons. The number of hydrogen-bond donors (Lipinski definition) is 0. The molecule has 0 spiro atoms. The molecule has 0 unspecified atom stereocenters. The lowest BCUT2D eigenvalue weighted by Gasteiger charge is -2.01. The molecule has 0 saturated carbocycles. The normalized spacial score (nSPS) is 11.8. The van der Waals surface area contributed by atoms with Gasteiger partial charge in [-0.3, -0.25) is 0 Å². The first-order chi connectivity index (χ1) is 7.47. The Labute approximate surface area is 92.7 Å². The van der Waals surface area contributed by atoms with E-state index in [-0.39, 0.29) is 11.0 Å². The Bertz CT molecular complexity index is 508. The van der Waals surface area contributed by atoms with Gasteiger partial charge >= 0.3 is 6.18 Å². The zero-order chi connectivity index (χ0) is 11.8. The van der Waals surface area contributed by atoms with Gasteiger partial charge in [0.1, 0.15) is 11.5 Å². The summed E-state index contributed by atoms with van der Waals surface area (Å²) in [6.07, 6.45) is -2.17. The monoisotopic (exact) mass is 248 g/mol. The van der Waals surface area contributed by atoms with E-state index < -0.39 is 11.9 Å². The topological polar surface area (TPSA) is 43.6 Å². The van der Waals surface area contributed by atoms with Crippen molar-refractivity contribution in [2.45, 2.75) is 6.18 Å². The van der Waals surface area contributed by atoms with Crippen molar-refractivity contribution in [3.63, 3.8) is 0 Å². The summed E-state index contributed by atoms with van der Waals surface area (Å²) in [6.45, 7) is 0. The highest BCUT2D eigenvalue weighted by molar-refractivity contribution is 6.29. The summed E-state index contributed by atoms with van der Waals surface area (Å²) in [5.74, 6) is 0.176. The van der Waals surface area contributed by atoms with Crippen molar-refractivity contribution in [3.05, 3.63) is 35.5 Å². The number of halogens is 4. The summed E-state index contributed by atoms with van der Waals surface area (Å²) in [6, 6.07) is 2.17. The number of alkyl halides is 3. The van der Waals surface area contributed by atoms with E-state index in [1.54, 1.807) is 0 Å². The van der Waals surface area contributed by atoms with Gasteiger partial charge in [0.15, 0.2) is 11.5 Å². The summed E-state index contributed by atoms with van der Waals surface area (Å²) in [5, 5.41) is 3.47. The van der Waals surface area contributed by atoms with Crippen LogP contribution in [0.1, 0.15) is 5.69 Å². The fraction of sp³-hybridized carbons (Fsp3) is 0.125. The zero-order valence-corrected chi connectivity index (χ0v) is 8.37. The number of rotatable bonds is 1. The number of aromatic nitrogens is 4. The molecule has 8 heteroatoms. The van der Waals surface area contributed by atoms with Gasteiger partial charge in [0.2, 0.25) is 0 Å². The lowest BCUT2D eigenvalue weighted by Crippen LogP contribution is -2.07. The molecule has 0 bridgehead atoms. The minimum Gasteiger partial charge on any atom is -0.224 e. The number of hydrogen-bond acceptors (Lipinski definition) is 3. The maximum absolute atomic E-state index is 12.3. The van der Waals surface area contributed by atoms with E-state index in [1.807, 2.05) is 0 Å². The van der Waals surface area contributed by atoms with Crippen molar-refractivity contribution in [2.24, 2.45) is 0 Å². The van der Waals surface area contributed by atoms with Gasteiger partial charge in [-0.25, -0.2) is 14.6 Å². The molecule has 2 heterocycles. The van der Waals surface area contributed by atoms with Gasteiger partial charge in [-0.2, -0.15) is 18.3 Å². The first kappa shape index (κ1) is 10.9. The fourth-order valence-electron chi connectivity index (χ4n) is 1.05. The van der Waals surface area contributed by atoms with Crippen LogP contribution in [-0.4, -0.2) is 19.7 Å². The highest BCUT2D eigenvalue weighted by Gasteiger charge is 2.33. The third-order valence-corrected chi connectivity index (χ3v) is 1.94. The van der Waals surface area contributed by atoms with Crippen LogP contribution in [0.25, 0.3) is 5.82 Å². The quantitative estimate of drug-likeness (QED) is 0.728. The predicted octanol–water partition coefficient (Wildman–Crippen LogP) is 2.33. The minimum absolute atomic E-state index is 0.133. The second-order valence-corrected chi connectivity index (χ2v) is 3.23. The molecule has 0 N–H and O–H groups in total. The molecule has 0 aliphatic carbocycles. The van der Waals surface area contributed by atoms with Gasteiger partial charge in [0, 0.05) is 12.3 Å². The molecule has 0 fully saturated rings. The third-order valence-electron chi connectivity index (χ3n) is 1.73. The molecule has 4 nitrogen and oxygen atoms in total. The zero-order valence-electron chi connectivity index (χ0n) is 7.61. The molecule has 0 atom stereocenters. The van der Waals surface area contributed by atoms with Gasteiger partial charge < -0.3 is 0 Å². The van der Waals surface area contributed by atoms with Crippen molar-refractivity contribution in [1.82, 2.24) is 19.7 Å². The Balaban J connectivity index is 2.39. The SMILES string of the molecule is FC(F)(F)c1ccn(-c2cc(Cl)ncn2)n1. The molecule has 0 aliphatic rings. The second kappa shape index (κ2) is 3.75. The second-order valence-electron chi connectivity index (χ2n) is 2.84. The maximum Gasteiger partial charge on any atom is 0.435 e. The highest BCUT2D eigenvalue weighted by Crippen LogP contribution is 2.27. The summed E-state index contributed by atoms with van der Waals surface area (Å²) in [4.78, 5) is 7.35. The van der Waals surface area contributed by atoms with E-state index in [1.165, 1.54) is 6.07 Å². The predicted molar refractivity (Wildman–Crippen MR) is 49.2 cm³/mol. The first-order valence-electron chi connectivity index (χ1n) is 4.07. The largest absolute Gasteiger partial charge is 0.435 e. The van der Waals surface area contributed by atoms with Crippen molar-refractivity contribution in [3.8, 4) is 5.82 Å². The van der Waals surface area contributed by atoms with Crippen LogP contribution in [0.5, 0.6) is 0 Å². The standard InChI is InChI=1S/C8H4ClF3N4/c9-6-3-7(14-4-13-6)16-2-1-5(15-16)8(10,11)12/h1-4H. The Hall–Kier alpha value is -1.63. The van der Waals surface area contributed by atoms with E-state index in [0.717, 1.165) is 23.3 Å². The molecule has 0 radical (unpaired) electrons.